The molecule has 0 aliphatic carbocycles. The smallest absolute Gasteiger partial charge is 0.325 e. The molecule has 3 aliphatic heterocycles. The molecule has 3 heterocycles. The second kappa shape index (κ2) is 7.91. The number of aromatic hydroxyl groups is 1. The van der Waals surface area contributed by atoms with Gasteiger partial charge in [0.05, 0.1) is 12.1 Å². The summed E-state index contributed by atoms with van der Waals surface area (Å²) in [6.45, 7) is 4.90. The van der Waals surface area contributed by atoms with E-state index in [1.807, 2.05) is 21.9 Å². The van der Waals surface area contributed by atoms with E-state index in [0.29, 0.717) is 19.0 Å². The van der Waals surface area contributed by atoms with Crippen molar-refractivity contribution in [3.8, 4) is 5.75 Å². The van der Waals surface area contributed by atoms with Gasteiger partial charge in [0, 0.05) is 31.2 Å². The number of urea groups is 1. The Hall–Kier alpha value is -2.61. The fourth-order valence-corrected chi connectivity index (χ4v) is 5.02. The maximum atomic E-state index is 13.6. The summed E-state index contributed by atoms with van der Waals surface area (Å²) in [5, 5.41) is 13.3. The van der Waals surface area contributed by atoms with Gasteiger partial charge in [-0.1, -0.05) is 24.3 Å². The van der Waals surface area contributed by atoms with E-state index in [-0.39, 0.29) is 17.3 Å². The van der Waals surface area contributed by atoms with Crippen LogP contribution < -0.4 is 21.1 Å². The summed E-state index contributed by atoms with van der Waals surface area (Å²) in [5.41, 5.74) is 9.38. The summed E-state index contributed by atoms with van der Waals surface area (Å²) in [7, 11) is 0. The Bertz CT molecular complexity index is 904. The molecule has 30 heavy (non-hydrogen) atoms. The Morgan fingerprint density at radius 2 is 1.77 bits per heavy atom. The fraction of sp³-hybridized carbons (Fsp3) is 0.435. The quantitative estimate of drug-likeness (QED) is 0.625. The zero-order chi connectivity index (χ0) is 20.6. The van der Waals surface area contributed by atoms with Gasteiger partial charge in [-0.05, 0) is 61.3 Å². The molecule has 0 radical (unpaired) electrons. The van der Waals surface area contributed by atoms with Crippen LogP contribution in [0.4, 0.5) is 10.5 Å². The molecule has 2 aromatic rings. The normalized spacial score (nSPS) is 21.7. The third-order valence-electron chi connectivity index (χ3n) is 6.77. The van der Waals surface area contributed by atoms with Gasteiger partial charge in [-0.15, -0.1) is 0 Å². The van der Waals surface area contributed by atoms with E-state index in [2.05, 4.69) is 40.4 Å². The van der Waals surface area contributed by atoms with Crippen LogP contribution in [0.1, 0.15) is 29.9 Å². The van der Waals surface area contributed by atoms with E-state index in [1.165, 1.54) is 5.56 Å². The standard InChI is InChI=1S/C23H29N5O2/c29-21-3-1-2-17(12-21)15-28-22(30)27(16-23(28)8-10-24-11-9-23)20-6-4-18(5-7-20)19-13-25-26-14-19/h1-7,12,19,24-26,29H,8-11,13-16H2. The summed E-state index contributed by atoms with van der Waals surface area (Å²) in [4.78, 5) is 17.5. The summed E-state index contributed by atoms with van der Waals surface area (Å²) < 4.78 is 0. The lowest BCUT2D eigenvalue weighted by molar-refractivity contribution is 0.119. The van der Waals surface area contributed by atoms with Crippen LogP contribution in [-0.2, 0) is 6.54 Å². The van der Waals surface area contributed by atoms with E-state index in [4.69, 9.17) is 0 Å². The number of benzene rings is 2. The molecule has 4 N–H and O–H groups in total. The number of amides is 2. The van der Waals surface area contributed by atoms with Gasteiger partial charge < -0.3 is 15.3 Å². The molecular weight excluding hydrogens is 378 g/mol. The summed E-state index contributed by atoms with van der Waals surface area (Å²) in [5.74, 6) is 0.702. The molecule has 2 amide bonds. The van der Waals surface area contributed by atoms with Gasteiger partial charge in [0.15, 0.2) is 0 Å². The van der Waals surface area contributed by atoms with Gasteiger partial charge in [0.2, 0.25) is 0 Å². The Labute approximate surface area is 177 Å². The first kappa shape index (κ1) is 19.4. The Balaban J connectivity index is 1.41. The maximum absolute atomic E-state index is 13.6. The third kappa shape index (κ3) is 3.53. The molecular formula is C23H29N5O2. The van der Waals surface area contributed by atoms with Crippen molar-refractivity contribution in [3.63, 3.8) is 0 Å². The van der Waals surface area contributed by atoms with E-state index in [9.17, 15) is 9.90 Å². The van der Waals surface area contributed by atoms with Gasteiger partial charge in [0.25, 0.3) is 0 Å². The van der Waals surface area contributed by atoms with Crippen molar-refractivity contribution in [2.24, 2.45) is 0 Å². The highest BCUT2D eigenvalue weighted by atomic mass is 16.3. The summed E-state index contributed by atoms with van der Waals surface area (Å²) >= 11 is 0. The molecule has 0 aromatic heterocycles. The van der Waals surface area contributed by atoms with Gasteiger partial charge in [-0.2, -0.15) is 0 Å². The SMILES string of the molecule is O=C1N(c2ccc(C3CNNC3)cc2)CC2(CCNCC2)N1Cc1cccc(O)c1. The topological polar surface area (TPSA) is 79.9 Å². The highest BCUT2D eigenvalue weighted by Crippen LogP contribution is 2.38. The highest BCUT2D eigenvalue weighted by Gasteiger charge is 2.50. The second-order valence-corrected chi connectivity index (χ2v) is 8.65. The number of carbonyl (C=O) groups excluding carboxylic acids is 1. The molecule has 5 rings (SSSR count). The van der Waals surface area contributed by atoms with Crippen molar-refractivity contribution >= 4 is 11.7 Å². The zero-order valence-electron chi connectivity index (χ0n) is 17.1. The van der Waals surface area contributed by atoms with Crippen LogP contribution in [-0.4, -0.2) is 54.3 Å². The molecule has 1 spiro atoms. The fourth-order valence-electron chi connectivity index (χ4n) is 5.02. The minimum Gasteiger partial charge on any atom is -0.508 e. The second-order valence-electron chi connectivity index (χ2n) is 8.65. The number of phenolic OH excluding ortho intramolecular Hbond substituents is 1. The van der Waals surface area contributed by atoms with E-state index < -0.39 is 0 Å². The van der Waals surface area contributed by atoms with Crippen molar-refractivity contribution in [1.29, 1.82) is 0 Å². The number of anilines is 1. The maximum Gasteiger partial charge on any atom is 0.325 e. The lowest BCUT2D eigenvalue weighted by Crippen LogP contribution is -2.53. The lowest BCUT2D eigenvalue weighted by atomic mass is 9.87. The number of hydrogen-bond acceptors (Lipinski definition) is 5. The molecule has 0 saturated carbocycles. The van der Waals surface area contributed by atoms with Crippen LogP contribution >= 0.6 is 0 Å². The Morgan fingerprint density at radius 3 is 2.47 bits per heavy atom. The van der Waals surface area contributed by atoms with E-state index in [1.54, 1.807) is 12.1 Å². The molecule has 3 saturated heterocycles. The predicted molar refractivity (Wildman–Crippen MR) is 116 cm³/mol. The average Bonchev–Trinajstić information content (AvgIpc) is 3.39. The van der Waals surface area contributed by atoms with Crippen molar-refractivity contribution in [2.75, 3.05) is 37.6 Å². The molecule has 0 bridgehead atoms. The number of nitrogens with one attached hydrogen (secondary N) is 3. The molecule has 0 atom stereocenters. The number of rotatable bonds is 4. The van der Waals surface area contributed by atoms with Crippen LogP contribution in [0.15, 0.2) is 48.5 Å². The molecule has 2 aromatic carbocycles. The van der Waals surface area contributed by atoms with Crippen molar-refractivity contribution in [3.05, 3.63) is 59.7 Å². The number of hydrazine groups is 1. The highest BCUT2D eigenvalue weighted by molar-refractivity contribution is 5.95. The van der Waals surface area contributed by atoms with Crippen LogP contribution in [0.25, 0.3) is 0 Å². The van der Waals surface area contributed by atoms with Gasteiger partial charge in [0.1, 0.15) is 5.75 Å². The number of hydrogen-bond donors (Lipinski definition) is 4. The Morgan fingerprint density at radius 1 is 1.03 bits per heavy atom. The Kier molecular flexibility index (Phi) is 5.10. The van der Waals surface area contributed by atoms with E-state index in [0.717, 1.165) is 50.3 Å². The van der Waals surface area contributed by atoms with Gasteiger partial charge in [-0.3, -0.25) is 15.8 Å². The van der Waals surface area contributed by atoms with E-state index >= 15 is 0 Å². The first-order valence-electron chi connectivity index (χ1n) is 10.8. The summed E-state index contributed by atoms with van der Waals surface area (Å²) in [6.07, 6.45) is 1.87. The molecule has 7 heteroatoms. The third-order valence-corrected chi connectivity index (χ3v) is 6.77. The van der Waals surface area contributed by atoms with Crippen molar-refractivity contribution in [1.82, 2.24) is 21.1 Å². The monoisotopic (exact) mass is 407 g/mol. The molecule has 0 unspecified atom stereocenters. The number of carbonyl (C=O) groups is 1. The minimum absolute atomic E-state index is 0.0530. The largest absolute Gasteiger partial charge is 0.508 e. The van der Waals surface area contributed by atoms with Crippen LogP contribution in [0.3, 0.4) is 0 Å². The van der Waals surface area contributed by atoms with Crippen LogP contribution in [0.2, 0.25) is 0 Å². The van der Waals surface area contributed by atoms with Crippen molar-refractivity contribution in [2.45, 2.75) is 30.8 Å². The number of piperidine rings is 1. The van der Waals surface area contributed by atoms with Gasteiger partial charge in [-0.25, -0.2) is 4.79 Å². The van der Waals surface area contributed by atoms with Gasteiger partial charge >= 0.3 is 6.03 Å². The first-order chi connectivity index (χ1) is 14.6. The first-order valence-corrected chi connectivity index (χ1v) is 10.8. The van der Waals surface area contributed by atoms with Crippen LogP contribution in [0, 0.1) is 0 Å². The zero-order valence-corrected chi connectivity index (χ0v) is 17.1. The van der Waals surface area contributed by atoms with Crippen molar-refractivity contribution < 1.29 is 9.90 Å². The van der Waals surface area contributed by atoms with Crippen LogP contribution in [0.5, 0.6) is 5.75 Å². The predicted octanol–water partition coefficient (Wildman–Crippen LogP) is 2.15. The average molecular weight is 408 g/mol. The molecule has 7 nitrogen and oxygen atoms in total. The summed E-state index contributed by atoms with van der Waals surface area (Å²) in [6, 6.07) is 15.7. The minimum atomic E-state index is -0.175. The molecule has 3 aliphatic rings. The molecule has 3 fully saturated rings. The lowest BCUT2D eigenvalue weighted by Gasteiger charge is -2.40. The number of phenols is 1. The number of nitrogens with zero attached hydrogens (tertiary/aromatic N) is 2. The molecule has 158 valence electrons.